The molecule has 1 rings (SSSR count). The van der Waals surface area contributed by atoms with Crippen molar-refractivity contribution < 1.29 is 14.1 Å². The lowest BCUT2D eigenvalue weighted by Gasteiger charge is -2.05. The molecule has 0 bridgehead atoms. The monoisotopic (exact) mass is 402 g/mol. The molecule has 0 aliphatic rings. The van der Waals surface area contributed by atoms with E-state index in [-0.39, 0.29) is 5.97 Å². The molecule has 0 saturated carbocycles. The molecular formula is C26H44NO2+. The van der Waals surface area contributed by atoms with Crippen LogP contribution in [-0.4, -0.2) is 12.6 Å². The Morgan fingerprint density at radius 1 is 0.793 bits per heavy atom. The van der Waals surface area contributed by atoms with Crippen molar-refractivity contribution in [1.82, 2.24) is 0 Å². The molecule has 0 atom stereocenters. The first kappa shape index (κ1) is 25.4. The number of hydrogen-bond acceptors (Lipinski definition) is 2. The summed E-state index contributed by atoms with van der Waals surface area (Å²) in [6.07, 6.45) is 22.8. The number of ether oxygens (including phenoxy) is 1. The fraction of sp³-hybridized carbons (Fsp3) is 0.692. The van der Waals surface area contributed by atoms with Gasteiger partial charge in [-0.05, 0) is 32.3 Å². The molecule has 0 fully saturated rings. The zero-order valence-electron chi connectivity index (χ0n) is 19.1. The summed E-state index contributed by atoms with van der Waals surface area (Å²) in [6, 6.07) is 4.37. The Kier molecular flexibility index (Phi) is 15.1. The molecule has 1 aromatic rings. The number of carbonyl (C=O) groups is 1. The van der Waals surface area contributed by atoms with Crippen LogP contribution in [0.25, 0.3) is 0 Å². The van der Waals surface area contributed by atoms with E-state index in [4.69, 9.17) is 4.74 Å². The average molecular weight is 403 g/mol. The van der Waals surface area contributed by atoms with E-state index < -0.39 is 0 Å². The molecule has 0 radical (unpaired) electrons. The van der Waals surface area contributed by atoms with Crippen molar-refractivity contribution in [2.24, 2.45) is 0 Å². The van der Waals surface area contributed by atoms with E-state index in [1.807, 2.05) is 0 Å². The fourth-order valence-electron chi connectivity index (χ4n) is 3.49. The van der Waals surface area contributed by atoms with Crippen molar-refractivity contribution in [2.45, 2.75) is 110 Å². The number of unbranched alkanes of at least 4 members (excludes halogenated alkanes) is 13. The van der Waals surface area contributed by atoms with Gasteiger partial charge in [-0.3, -0.25) is 0 Å². The molecule has 0 aliphatic heterocycles. The summed E-state index contributed by atoms with van der Waals surface area (Å²) < 4.78 is 7.40. The number of aromatic nitrogens is 1. The van der Waals surface area contributed by atoms with E-state index in [1.165, 1.54) is 82.6 Å². The van der Waals surface area contributed by atoms with Crippen molar-refractivity contribution >= 4 is 5.97 Å². The maximum atomic E-state index is 11.2. The second kappa shape index (κ2) is 17.2. The van der Waals surface area contributed by atoms with Gasteiger partial charge in [0.05, 0.1) is 6.61 Å². The van der Waals surface area contributed by atoms with E-state index in [1.54, 1.807) is 6.92 Å². The third-order valence-electron chi connectivity index (χ3n) is 5.45. The van der Waals surface area contributed by atoms with Crippen LogP contribution in [0.3, 0.4) is 0 Å². The molecule has 164 valence electrons. The number of carbonyl (C=O) groups excluding carboxylic acids is 1. The van der Waals surface area contributed by atoms with Gasteiger partial charge in [0.25, 0.3) is 0 Å². The van der Waals surface area contributed by atoms with Gasteiger partial charge in [-0.1, -0.05) is 77.2 Å². The zero-order chi connectivity index (χ0) is 21.2. The Bertz CT molecular complexity index is 550. The Labute approximate surface area is 179 Å². The van der Waals surface area contributed by atoms with Crippen molar-refractivity contribution in [1.29, 1.82) is 0 Å². The highest BCUT2D eigenvalue weighted by Crippen LogP contribution is 2.13. The molecule has 0 aromatic carbocycles. The van der Waals surface area contributed by atoms with E-state index in [9.17, 15) is 4.79 Å². The number of aryl methyl sites for hydroxylation is 2. The van der Waals surface area contributed by atoms with Gasteiger partial charge in [0.15, 0.2) is 12.4 Å². The normalized spacial score (nSPS) is 10.8. The molecule has 0 saturated heterocycles. The largest absolute Gasteiger partial charge is 0.462 e. The summed E-state index contributed by atoms with van der Waals surface area (Å²) in [6.45, 7) is 9.10. The molecule has 29 heavy (non-hydrogen) atoms. The van der Waals surface area contributed by atoms with Gasteiger partial charge in [-0.2, -0.15) is 0 Å². The second-order valence-electron chi connectivity index (χ2n) is 8.48. The summed E-state index contributed by atoms with van der Waals surface area (Å²) in [7, 11) is 0. The minimum absolute atomic E-state index is 0.258. The summed E-state index contributed by atoms with van der Waals surface area (Å²) in [5, 5.41) is 0. The van der Waals surface area contributed by atoms with Crippen LogP contribution in [0.2, 0.25) is 0 Å². The lowest BCUT2D eigenvalue weighted by molar-refractivity contribution is -0.697. The maximum absolute atomic E-state index is 11.2. The average Bonchev–Trinajstić information content (AvgIpc) is 2.71. The van der Waals surface area contributed by atoms with E-state index >= 15 is 0 Å². The van der Waals surface area contributed by atoms with Crippen LogP contribution in [0.1, 0.15) is 102 Å². The maximum Gasteiger partial charge on any atom is 0.333 e. The summed E-state index contributed by atoms with van der Waals surface area (Å²) in [5.74, 6) is -0.258. The molecule has 1 heterocycles. The van der Waals surface area contributed by atoms with Crippen molar-refractivity contribution in [3.05, 3.63) is 42.2 Å². The van der Waals surface area contributed by atoms with Crippen LogP contribution in [-0.2, 0) is 16.1 Å². The fourth-order valence-corrected chi connectivity index (χ4v) is 3.49. The predicted octanol–water partition coefficient (Wildman–Crippen LogP) is 6.86. The van der Waals surface area contributed by atoms with Gasteiger partial charge in [-0.25, -0.2) is 9.36 Å². The molecule has 0 spiro atoms. The highest BCUT2D eigenvalue weighted by atomic mass is 16.5. The highest BCUT2D eigenvalue weighted by Gasteiger charge is 2.02. The minimum atomic E-state index is -0.258. The van der Waals surface area contributed by atoms with Gasteiger partial charge >= 0.3 is 5.97 Å². The number of esters is 1. The Hall–Kier alpha value is -1.64. The number of nitrogens with zero attached hydrogens (tertiary/aromatic N) is 1. The Morgan fingerprint density at radius 3 is 1.66 bits per heavy atom. The summed E-state index contributed by atoms with van der Waals surface area (Å²) in [4.78, 5) is 11.2. The van der Waals surface area contributed by atoms with E-state index in [0.29, 0.717) is 12.2 Å². The van der Waals surface area contributed by atoms with E-state index in [0.717, 1.165) is 19.4 Å². The number of hydrogen-bond donors (Lipinski definition) is 0. The van der Waals surface area contributed by atoms with Gasteiger partial charge < -0.3 is 4.74 Å². The van der Waals surface area contributed by atoms with Crippen molar-refractivity contribution in [3.8, 4) is 0 Å². The van der Waals surface area contributed by atoms with Crippen molar-refractivity contribution in [2.75, 3.05) is 6.61 Å². The first-order valence-electron chi connectivity index (χ1n) is 11.9. The smallest absolute Gasteiger partial charge is 0.333 e. The molecule has 3 nitrogen and oxygen atoms in total. The SMILES string of the molecule is C=C(C)C(=O)OCCCCCCCCCCCCCCCC[n+]1ccc(C)cc1. The van der Waals surface area contributed by atoms with Crippen LogP contribution >= 0.6 is 0 Å². The predicted molar refractivity (Wildman–Crippen MR) is 122 cm³/mol. The molecule has 1 aromatic heterocycles. The van der Waals surface area contributed by atoms with Crippen LogP contribution in [0, 0.1) is 6.92 Å². The van der Waals surface area contributed by atoms with Gasteiger partial charge in [0.1, 0.15) is 6.54 Å². The molecular weight excluding hydrogens is 358 g/mol. The lowest BCUT2D eigenvalue weighted by Crippen LogP contribution is -2.32. The summed E-state index contributed by atoms with van der Waals surface area (Å²) >= 11 is 0. The molecule has 0 aliphatic carbocycles. The second-order valence-corrected chi connectivity index (χ2v) is 8.48. The van der Waals surface area contributed by atoms with Gasteiger partial charge in [0, 0.05) is 24.1 Å². The van der Waals surface area contributed by atoms with Crippen LogP contribution in [0.15, 0.2) is 36.7 Å². The van der Waals surface area contributed by atoms with Crippen LogP contribution in [0.4, 0.5) is 0 Å². The topological polar surface area (TPSA) is 30.2 Å². The highest BCUT2D eigenvalue weighted by molar-refractivity contribution is 5.86. The van der Waals surface area contributed by atoms with E-state index in [2.05, 4.69) is 42.6 Å². The molecule has 0 unspecified atom stereocenters. The standard InChI is InChI=1S/C26H44NO2/c1-24(2)26(28)29-23-17-15-13-11-9-7-5-4-6-8-10-12-14-16-20-27-21-18-25(3)19-22-27/h18-19,21-22H,1,4-17,20,23H2,2-3H3/q+1. The van der Waals surface area contributed by atoms with Gasteiger partial charge in [0.2, 0.25) is 0 Å². The third kappa shape index (κ3) is 14.9. The van der Waals surface area contributed by atoms with Gasteiger partial charge in [-0.15, -0.1) is 0 Å². The van der Waals surface area contributed by atoms with Crippen molar-refractivity contribution in [3.63, 3.8) is 0 Å². The third-order valence-corrected chi connectivity index (χ3v) is 5.45. The molecule has 0 amide bonds. The first-order chi connectivity index (χ1) is 14.1. The number of rotatable bonds is 18. The molecule has 0 N–H and O–H groups in total. The Morgan fingerprint density at radius 2 is 1.21 bits per heavy atom. The summed E-state index contributed by atoms with van der Waals surface area (Å²) in [5.41, 5.74) is 1.82. The van der Waals surface area contributed by atoms with Crippen LogP contribution < -0.4 is 4.57 Å². The lowest BCUT2D eigenvalue weighted by atomic mass is 10.0. The molecule has 3 heteroatoms. The quantitative estimate of drug-likeness (QED) is 0.116. The minimum Gasteiger partial charge on any atom is -0.462 e. The number of pyridine rings is 1. The van der Waals surface area contributed by atoms with Crippen LogP contribution in [0.5, 0.6) is 0 Å². The Balaban J connectivity index is 1.74. The zero-order valence-corrected chi connectivity index (χ0v) is 19.1. The first-order valence-corrected chi connectivity index (χ1v) is 11.9.